The average Bonchev–Trinajstić information content (AvgIpc) is 2.35. The molecule has 0 spiro atoms. The number of aryl methyl sites for hydroxylation is 1. The maximum atomic E-state index is 5.51. The van der Waals surface area contributed by atoms with Gasteiger partial charge in [0, 0.05) is 10.2 Å². The van der Waals surface area contributed by atoms with Crippen molar-refractivity contribution in [2.45, 2.75) is 6.92 Å². The second kappa shape index (κ2) is 5.98. The van der Waals surface area contributed by atoms with Crippen molar-refractivity contribution >= 4 is 39.0 Å². The van der Waals surface area contributed by atoms with Gasteiger partial charge in [-0.25, -0.2) is 0 Å². The highest BCUT2D eigenvalue weighted by Gasteiger charge is 2.00. The predicted molar refractivity (Wildman–Crippen MR) is 82.2 cm³/mol. The van der Waals surface area contributed by atoms with Crippen molar-refractivity contribution in [2.24, 2.45) is 0 Å². The largest absolute Gasteiger partial charge is 0.432 e. The minimum Gasteiger partial charge on any atom is -0.432 e. The van der Waals surface area contributed by atoms with E-state index in [0.29, 0.717) is 5.17 Å². The summed E-state index contributed by atoms with van der Waals surface area (Å²) in [4.78, 5) is 0. The lowest BCUT2D eigenvalue weighted by Crippen LogP contribution is -2.16. The SMILES string of the molecule is Cc1ccc(OC(=S)Nc2ccc(Br)cc2)cc1. The summed E-state index contributed by atoms with van der Waals surface area (Å²) in [6.45, 7) is 2.03. The van der Waals surface area contributed by atoms with Crippen molar-refractivity contribution in [3.05, 3.63) is 58.6 Å². The van der Waals surface area contributed by atoms with Crippen molar-refractivity contribution in [2.75, 3.05) is 5.32 Å². The third-order valence-electron chi connectivity index (χ3n) is 2.32. The van der Waals surface area contributed by atoms with Crippen LogP contribution in [-0.4, -0.2) is 5.17 Å². The molecule has 0 saturated carbocycles. The van der Waals surface area contributed by atoms with Crippen molar-refractivity contribution in [3.63, 3.8) is 0 Å². The highest BCUT2D eigenvalue weighted by molar-refractivity contribution is 9.10. The summed E-state index contributed by atoms with van der Waals surface area (Å²) in [7, 11) is 0. The first-order chi connectivity index (χ1) is 8.63. The Morgan fingerprint density at radius 1 is 1.06 bits per heavy atom. The molecule has 2 rings (SSSR count). The Morgan fingerprint density at radius 2 is 1.67 bits per heavy atom. The number of thiocarbonyl (C=S) groups is 1. The second-order valence-corrected chi connectivity index (χ2v) is 5.12. The molecule has 2 nitrogen and oxygen atoms in total. The minimum atomic E-state index is 0.334. The van der Waals surface area contributed by atoms with Gasteiger partial charge >= 0.3 is 0 Å². The molecule has 0 radical (unpaired) electrons. The van der Waals surface area contributed by atoms with Gasteiger partial charge in [-0.1, -0.05) is 33.6 Å². The fraction of sp³-hybridized carbons (Fsp3) is 0.0714. The highest BCUT2D eigenvalue weighted by Crippen LogP contribution is 2.16. The predicted octanol–water partition coefficient (Wildman–Crippen LogP) is 4.53. The smallest absolute Gasteiger partial charge is 0.266 e. The van der Waals surface area contributed by atoms with Gasteiger partial charge in [0.2, 0.25) is 0 Å². The van der Waals surface area contributed by atoms with Crippen molar-refractivity contribution < 1.29 is 4.74 Å². The van der Waals surface area contributed by atoms with Gasteiger partial charge in [-0.3, -0.25) is 0 Å². The van der Waals surface area contributed by atoms with E-state index in [1.165, 1.54) is 5.56 Å². The molecule has 0 aliphatic rings. The van der Waals surface area contributed by atoms with E-state index in [4.69, 9.17) is 17.0 Å². The Morgan fingerprint density at radius 3 is 2.28 bits per heavy atom. The zero-order chi connectivity index (χ0) is 13.0. The van der Waals surface area contributed by atoms with Crippen LogP contribution in [0.15, 0.2) is 53.0 Å². The third-order valence-corrected chi connectivity index (χ3v) is 3.04. The summed E-state index contributed by atoms with van der Waals surface area (Å²) in [5.74, 6) is 0.732. The summed E-state index contributed by atoms with van der Waals surface area (Å²) in [6.07, 6.45) is 0. The Labute approximate surface area is 120 Å². The molecule has 2 aromatic carbocycles. The molecule has 4 heteroatoms. The lowest BCUT2D eigenvalue weighted by atomic mass is 10.2. The first-order valence-electron chi connectivity index (χ1n) is 5.44. The Balaban J connectivity index is 1.96. The first kappa shape index (κ1) is 13.1. The number of ether oxygens (including phenoxy) is 1. The Bertz CT molecular complexity index is 487. The number of benzene rings is 2. The van der Waals surface area contributed by atoms with Gasteiger partial charge in [0.25, 0.3) is 5.17 Å². The van der Waals surface area contributed by atoms with Gasteiger partial charge in [-0.15, -0.1) is 0 Å². The Hall–Kier alpha value is -1.39. The molecular formula is C14H12BrNOS. The topological polar surface area (TPSA) is 21.3 Å². The molecule has 0 aromatic heterocycles. The standard InChI is InChI=1S/C14H12BrNOS/c1-10-2-8-13(9-3-10)17-14(18)16-12-6-4-11(15)5-7-12/h2-9H,1H3,(H,16,18). The van der Waals surface area contributed by atoms with Crippen LogP contribution in [0.5, 0.6) is 5.75 Å². The summed E-state index contributed by atoms with van der Waals surface area (Å²) in [5.41, 5.74) is 2.09. The molecule has 0 saturated heterocycles. The van der Waals surface area contributed by atoms with Crippen LogP contribution in [0.1, 0.15) is 5.56 Å². The van der Waals surface area contributed by atoms with Gasteiger partial charge in [-0.05, 0) is 55.5 Å². The van der Waals surface area contributed by atoms with E-state index in [1.807, 2.05) is 55.5 Å². The van der Waals surface area contributed by atoms with E-state index in [-0.39, 0.29) is 0 Å². The molecule has 0 aliphatic heterocycles. The highest BCUT2D eigenvalue weighted by atomic mass is 79.9. The third kappa shape index (κ3) is 3.82. The number of anilines is 1. The average molecular weight is 322 g/mol. The second-order valence-electron chi connectivity index (χ2n) is 3.83. The monoisotopic (exact) mass is 321 g/mol. The molecule has 0 unspecified atom stereocenters. The summed E-state index contributed by atoms with van der Waals surface area (Å²) < 4.78 is 6.54. The molecule has 92 valence electrons. The van der Waals surface area contributed by atoms with Gasteiger partial charge in [0.05, 0.1) is 0 Å². The minimum absolute atomic E-state index is 0.334. The van der Waals surface area contributed by atoms with E-state index in [1.54, 1.807) is 0 Å². The van der Waals surface area contributed by atoms with Crippen LogP contribution in [0.3, 0.4) is 0 Å². The fourth-order valence-electron chi connectivity index (χ4n) is 1.39. The van der Waals surface area contributed by atoms with E-state index in [0.717, 1.165) is 15.9 Å². The van der Waals surface area contributed by atoms with Gasteiger partial charge in [0.15, 0.2) is 0 Å². The lowest BCUT2D eigenvalue weighted by molar-refractivity contribution is 0.563. The number of nitrogens with one attached hydrogen (secondary N) is 1. The molecule has 1 N–H and O–H groups in total. The molecular weight excluding hydrogens is 310 g/mol. The van der Waals surface area contributed by atoms with Crippen molar-refractivity contribution in [1.82, 2.24) is 0 Å². The maximum Gasteiger partial charge on any atom is 0.266 e. The van der Waals surface area contributed by atoms with Gasteiger partial charge in [-0.2, -0.15) is 0 Å². The summed E-state index contributed by atoms with van der Waals surface area (Å²) in [6, 6.07) is 15.5. The molecule has 0 bridgehead atoms. The van der Waals surface area contributed by atoms with Crippen LogP contribution in [0.25, 0.3) is 0 Å². The van der Waals surface area contributed by atoms with Gasteiger partial charge < -0.3 is 10.1 Å². The molecule has 0 atom stereocenters. The normalized spacial score (nSPS) is 9.89. The van der Waals surface area contributed by atoms with Crippen LogP contribution in [0.4, 0.5) is 5.69 Å². The molecule has 0 fully saturated rings. The van der Waals surface area contributed by atoms with Gasteiger partial charge in [0.1, 0.15) is 5.75 Å². The van der Waals surface area contributed by atoms with E-state index < -0.39 is 0 Å². The Kier molecular flexibility index (Phi) is 4.33. The number of halogens is 1. The molecule has 2 aromatic rings. The van der Waals surface area contributed by atoms with E-state index >= 15 is 0 Å². The van der Waals surface area contributed by atoms with Crippen LogP contribution < -0.4 is 10.1 Å². The van der Waals surface area contributed by atoms with E-state index in [2.05, 4.69) is 21.2 Å². The zero-order valence-corrected chi connectivity index (χ0v) is 12.2. The van der Waals surface area contributed by atoms with E-state index in [9.17, 15) is 0 Å². The van der Waals surface area contributed by atoms with Crippen molar-refractivity contribution in [3.8, 4) is 5.75 Å². The number of hydrogen-bond donors (Lipinski definition) is 1. The zero-order valence-electron chi connectivity index (χ0n) is 9.81. The fourth-order valence-corrected chi connectivity index (χ4v) is 1.87. The summed E-state index contributed by atoms with van der Waals surface area (Å²) in [5, 5.41) is 3.36. The van der Waals surface area contributed by atoms with Crippen LogP contribution in [0.2, 0.25) is 0 Å². The molecule has 18 heavy (non-hydrogen) atoms. The number of rotatable bonds is 2. The molecule has 0 amide bonds. The van der Waals surface area contributed by atoms with Crippen LogP contribution >= 0.6 is 28.1 Å². The van der Waals surface area contributed by atoms with Crippen LogP contribution in [0, 0.1) is 6.92 Å². The summed E-state index contributed by atoms with van der Waals surface area (Å²) >= 11 is 8.52. The number of hydrogen-bond acceptors (Lipinski definition) is 2. The lowest BCUT2D eigenvalue weighted by Gasteiger charge is -2.09. The molecule has 0 heterocycles. The molecule has 0 aliphatic carbocycles. The first-order valence-corrected chi connectivity index (χ1v) is 6.65. The van der Waals surface area contributed by atoms with Crippen LogP contribution in [-0.2, 0) is 0 Å². The quantitative estimate of drug-likeness (QED) is 0.821. The van der Waals surface area contributed by atoms with Crippen molar-refractivity contribution in [1.29, 1.82) is 0 Å². The maximum absolute atomic E-state index is 5.51.